The van der Waals surface area contributed by atoms with Gasteiger partial charge in [-0.2, -0.15) is 0 Å². The average Bonchev–Trinajstić information content (AvgIpc) is 2.62. The molecule has 0 unspecified atom stereocenters. The second-order valence-electron chi connectivity index (χ2n) is 6.08. The van der Waals surface area contributed by atoms with Crippen molar-refractivity contribution in [1.82, 2.24) is 15.5 Å². The van der Waals surface area contributed by atoms with Crippen LogP contribution in [0.2, 0.25) is 0 Å². The maximum absolute atomic E-state index is 13.2. The summed E-state index contributed by atoms with van der Waals surface area (Å²) in [6, 6.07) is 12.9. The second-order valence-corrected chi connectivity index (χ2v) is 6.08. The molecule has 2 N–H and O–H groups in total. The highest BCUT2D eigenvalue weighted by atomic mass is 19.1. The van der Waals surface area contributed by atoms with Gasteiger partial charge in [0.05, 0.1) is 6.04 Å². The van der Waals surface area contributed by atoms with Crippen molar-refractivity contribution in [3.8, 4) is 0 Å². The van der Waals surface area contributed by atoms with Crippen LogP contribution in [0.3, 0.4) is 0 Å². The topological polar surface area (TPSA) is 27.3 Å². The summed E-state index contributed by atoms with van der Waals surface area (Å²) >= 11 is 0. The van der Waals surface area contributed by atoms with Crippen LogP contribution in [-0.4, -0.2) is 44.2 Å². The molecular formula is C19H23F2N3. The molecule has 0 amide bonds. The average molecular weight is 331 g/mol. The highest BCUT2D eigenvalue weighted by molar-refractivity contribution is 5.32. The molecule has 0 atom stereocenters. The molecule has 24 heavy (non-hydrogen) atoms. The molecule has 0 aliphatic carbocycles. The van der Waals surface area contributed by atoms with Crippen molar-refractivity contribution in [2.45, 2.75) is 6.04 Å². The summed E-state index contributed by atoms with van der Waals surface area (Å²) in [5.41, 5.74) is 1.95. The van der Waals surface area contributed by atoms with Crippen molar-refractivity contribution in [3.05, 3.63) is 71.3 Å². The van der Waals surface area contributed by atoms with Gasteiger partial charge in [0.15, 0.2) is 0 Å². The molecule has 0 radical (unpaired) electrons. The first-order chi connectivity index (χ1) is 11.7. The fourth-order valence-electron chi connectivity index (χ4n) is 3.04. The molecule has 3 nitrogen and oxygen atoms in total. The molecule has 1 heterocycles. The largest absolute Gasteiger partial charge is 0.314 e. The Morgan fingerprint density at radius 1 is 0.875 bits per heavy atom. The highest BCUT2D eigenvalue weighted by Crippen LogP contribution is 2.22. The minimum atomic E-state index is -0.252. The predicted octanol–water partition coefficient (Wildman–Crippen LogP) is 2.55. The van der Waals surface area contributed by atoms with Crippen LogP contribution >= 0.6 is 0 Å². The van der Waals surface area contributed by atoms with E-state index in [-0.39, 0.29) is 17.7 Å². The maximum atomic E-state index is 13.2. The van der Waals surface area contributed by atoms with Crippen LogP contribution in [0.1, 0.15) is 17.2 Å². The smallest absolute Gasteiger partial charge is 0.123 e. The standard InChI is InChI=1S/C19H23F2N3/c20-17-5-1-15(2-6-17)19(16-3-7-18(21)8-4-16)23-11-14-24-12-9-22-10-13-24/h1-8,19,22-23H,9-14H2. The van der Waals surface area contributed by atoms with Gasteiger partial charge in [-0.15, -0.1) is 0 Å². The van der Waals surface area contributed by atoms with E-state index in [0.29, 0.717) is 0 Å². The monoisotopic (exact) mass is 331 g/mol. The second kappa shape index (κ2) is 8.33. The lowest BCUT2D eigenvalue weighted by Gasteiger charge is -2.28. The third kappa shape index (κ3) is 4.60. The van der Waals surface area contributed by atoms with Crippen LogP contribution in [0, 0.1) is 11.6 Å². The molecule has 1 aliphatic rings. The van der Waals surface area contributed by atoms with E-state index in [2.05, 4.69) is 15.5 Å². The lowest BCUT2D eigenvalue weighted by Crippen LogP contribution is -2.46. The summed E-state index contributed by atoms with van der Waals surface area (Å²) in [5.74, 6) is -0.505. The summed E-state index contributed by atoms with van der Waals surface area (Å²) < 4.78 is 26.4. The molecule has 0 saturated carbocycles. The molecule has 3 rings (SSSR count). The number of nitrogens with zero attached hydrogens (tertiary/aromatic N) is 1. The van der Waals surface area contributed by atoms with Crippen LogP contribution in [-0.2, 0) is 0 Å². The molecule has 0 bridgehead atoms. The van der Waals surface area contributed by atoms with E-state index in [1.54, 1.807) is 24.3 Å². The van der Waals surface area contributed by atoms with Crippen molar-refractivity contribution < 1.29 is 8.78 Å². The van der Waals surface area contributed by atoms with Crippen LogP contribution < -0.4 is 10.6 Å². The van der Waals surface area contributed by atoms with Gasteiger partial charge in [-0.3, -0.25) is 4.90 Å². The molecule has 128 valence electrons. The van der Waals surface area contributed by atoms with E-state index in [9.17, 15) is 8.78 Å². The molecule has 2 aromatic rings. The number of hydrogen-bond donors (Lipinski definition) is 2. The molecule has 2 aromatic carbocycles. The molecule has 5 heteroatoms. The number of hydrogen-bond acceptors (Lipinski definition) is 3. The van der Waals surface area contributed by atoms with Gasteiger partial charge in [0, 0.05) is 39.3 Å². The normalized spacial score (nSPS) is 15.8. The zero-order chi connectivity index (χ0) is 16.8. The van der Waals surface area contributed by atoms with E-state index >= 15 is 0 Å². The first-order valence-corrected chi connectivity index (χ1v) is 8.40. The summed E-state index contributed by atoms with van der Waals surface area (Å²) in [4.78, 5) is 2.41. The zero-order valence-electron chi connectivity index (χ0n) is 13.6. The van der Waals surface area contributed by atoms with E-state index in [1.165, 1.54) is 24.3 Å². The molecule has 0 aromatic heterocycles. The summed E-state index contributed by atoms with van der Waals surface area (Å²) in [6.07, 6.45) is 0. The number of nitrogens with one attached hydrogen (secondary N) is 2. The third-order valence-corrected chi connectivity index (χ3v) is 4.39. The predicted molar refractivity (Wildman–Crippen MR) is 92.0 cm³/mol. The SMILES string of the molecule is Fc1ccc(C(NCCN2CCNCC2)c2ccc(F)cc2)cc1. The summed E-state index contributed by atoms with van der Waals surface area (Å²) in [5, 5.41) is 6.87. The number of rotatable bonds is 6. The van der Waals surface area contributed by atoms with Gasteiger partial charge in [-0.05, 0) is 35.4 Å². The van der Waals surface area contributed by atoms with E-state index in [1.807, 2.05) is 0 Å². The zero-order valence-corrected chi connectivity index (χ0v) is 13.6. The highest BCUT2D eigenvalue weighted by Gasteiger charge is 2.15. The van der Waals surface area contributed by atoms with Gasteiger partial charge in [-0.1, -0.05) is 24.3 Å². The molecular weight excluding hydrogens is 308 g/mol. The number of halogens is 2. The Kier molecular flexibility index (Phi) is 5.91. The fourth-order valence-corrected chi connectivity index (χ4v) is 3.04. The Bertz CT molecular complexity index is 577. The van der Waals surface area contributed by atoms with E-state index in [4.69, 9.17) is 0 Å². The molecule has 1 saturated heterocycles. The van der Waals surface area contributed by atoms with E-state index in [0.717, 1.165) is 50.4 Å². The lowest BCUT2D eigenvalue weighted by molar-refractivity contribution is 0.239. The van der Waals surface area contributed by atoms with Gasteiger partial charge in [-0.25, -0.2) is 8.78 Å². The first-order valence-electron chi connectivity index (χ1n) is 8.40. The minimum absolute atomic E-state index is 0.0749. The lowest BCUT2D eigenvalue weighted by atomic mass is 9.98. The van der Waals surface area contributed by atoms with Gasteiger partial charge in [0.2, 0.25) is 0 Å². The molecule has 0 spiro atoms. The Balaban J connectivity index is 1.69. The van der Waals surface area contributed by atoms with Crippen molar-refractivity contribution in [2.75, 3.05) is 39.3 Å². The van der Waals surface area contributed by atoms with Gasteiger partial charge >= 0.3 is 0 Å². The van der Waals surface area contributed by atoms with Crippen LogP contribution in [0.5, 0.6) is 0 Å². The van der Waals surface area contributed by atoms with Crippen molar-refractivity contribution in [3.63, 3.8) is 0 Å². The van der Waals surface area contributed by atoms with Crippen molar-refractivity contribution in [2.24, 2.45) is 0 Å². The molecule has 1 aliphatic heterocycles. The van der Waals surface area contributed by atoms with Crippen LogP contribution in [0.25, 0.3) is 0 Å². The Morgan fingerprint density at radius 2 is 1.38 bits per heavy atom. The Labute approximate surface area is 141 Å². The first kappa shape index (κ1) is 17.0. The maximum Gasteiger partial charge on any atom is 0.123 e. The van der Waals surface area contributed by atoms with E-state index < -0.39 is 0 Å². The number of benzene rings is 2. The van der Waals surface area contributed by atoms with Crippen LogP contribution in [0.4, 0.5) is 8.78 Å². The summed E-state index contributed by atoms with van der Waals surface area (Å²) in [6.45, 7) is 5.94. The van der Waals surface area contributed by atoms with Gasteiger partial charge in [0.1, 0.15) is 11.6 Å². The summed E-state index contributed by atoms with van der Waals surface area (Å²) in [7, 11) is 0. The van der Waals surface area contributed by atoms with Crippen molar-refractivity contribution in [1.29, 1.82) is 0 Å². The Hall–Kier alpha value is -1.82. The third-order valence-electron chi connectivity index (χ3n) is 4.39. The number of piperazine rings is 1. The van der Waals surface area contributed by atoms with Gasteiger partial charge in [0.25, 0.3) is 0 Å². The molecule has 1 fully saturated rings. The quantitative estimate of drug-likeness (QED) is 0.852. The minimum Gasteiger partial charge on any atom is -0.314 e. The Morgan fingerprint density at radius 3 is 1.88 bits per heavy atom. The van der Waals surface area contributed by atoms with Crippen molar-refractivity contribution >= 4 is 0 Å². The van der Waals surface area contributed by atoms with Crippen LogP contribution in [0.15, 0.2) is 48.5 Å². The fraction of sp³-hybridized carbons (Fsp3) is 0.368. The van der Waals surface area contributed by atoms with Gasteiger partial charge < -0.3 is 10.6 Å².